The van der Waals surface area contributed by atoms with Crippen LogP contribution in [0, 0.1) is 0 Å². The van der Waals surface area contributed by atoms with Crippen LogP contribution >= 0.6 is 0 Å². The second kappa shape index (κ2) is 18.1. The summed E-state index contributed by atoms with van der Waals surface area (Å²) in [4.78, 5) is 11.0. The van der Waals surface area contributed by atoms with E-state index < -0.39 is 12.1 Å². The summed E-state index contributed by atoms with van der Waals surface area (Å²) in [7, 11) is 0. The van der Waals surface area contributed by atoms with Crippen LogP contribution in [0.1, 0.15) is 84.0 Å². The summed E-state index contributed by atoms with van der Waals surface area (Å²) in [6.45, 7) is 2.25. The van der Waals surface area contributed by atoms with E-state index in [1.165, 1.54) is 71.1 Å². The van der Waals surface area contributed by atoms with Crippen LogP contribution in [0.15, 0.2) is 42.7 Å². The number of pyridine rings is 1. The number of hydrogen-bond acceptors (Lipinski definition) is 3. The number of aromatic nitrogens is 1. The molecule has 1 aromatic heterocycles. The molecule has 0 aliphatic rings. The fraction of sp³-hybridized carbons (Fsp3) is 0.680. The fourth-order valence-corrected chi connectivity index (χ4v) is 3.60. The Balaban J connectivity index is 1.85. The summed E-state index contributed by atoms with van der Waals surface area (Å²) >= 11 is 0. The summed E-state index contributed by atoms with van der Waals surface area (Å²) in [5, 5.41) is 21.7. The van der Waals surface area contributed by atoms with Crippen molar-refractivity contribution in [2.24, 2.45) is 0 Å². The summed E-state index contributed by atoms with van der Waals surface area (Å²) in [5.41, 5.74) is 0. The Hall–Kier alpha value is -1.72. The Morgan fingerprint density at radius 1 is 0.900 bits per heavy atom. The van der Waals surface area contributed by atoms with Crippen molar-refractivity contribution < 1.29 is 19.6 Å². The van der Waals surface area contributed by atoms with Gasteiger partial charge in [0.15, 0.2) is 12.4 Å². The molecule has 1 heterocycles. The summed E-state index contributed by atoms with van der Waals surface area (Å²) in [6, 6.07) is 5.61. The van der Waals surface area contributed by atoms with Crippen LogP contribution in [0.5, 0.6) is 0 Å². The molecule has 3 N–H and O–H groups in total. The average Bonchev–Trinajstić information content (AvgIpc) is 2.75. The molecule has 1 amide bonds. The monoisotopic (exact) mass is 419 g/mol. The molecule has 1 aromatic rings. The van der Waals surface area contributed by atoms with Crippen molar-refractivity contribution in [3.63, 3.8) is 0 Å². The summed E-state index contributed by atoms with van der Waals surface area (Å²) in [6.07, 6.45) is 22.3. The number of aliphatic hydroxyl groups excluding tert-OH is 2. The summed E-state index contributed by atoms with van der Waals surface area (Å²) < 4.78 is 2.26. The second-order valence-electron chi connectivity index (χ2n) is 8.20. The van der Waals surface area contributed by atoms with Crippen molar-refractivity contribution in [3.05, 3.63) is 42.7 Å². The van der Waals surface area contributed by atoms with Crippen LogP contribution in [0.4, 0.5) is 0 Å². The van der Waals surface area contributed by atoms with Gasteiger partial charge in [-0.05, 0) is 19.3 Å². The van der Waals surface area contributed by atoms with Gasteiger partial charge in [-0.15, -0.1) is 0 Å². The highest BCUT2D eigenvalue weighted by Crippen LogP contribution is 2.12. The van der Waals surface area contributed by atoms with Gasteiger partial charge < -0.3 is 15.5 Å². The maximum absolute atomic E-state index is 11.0. The Kier molecular flexibility index (Phi) is 15.9. The van der Waals surface area contributed by atoms with E-state index in [4.69, 9.17) is 0 Å². The van der Waals surface area contributed by atoms with Gasteiger partial charge in [-0.3, -0.25) is 4.79 Å². The Bertz CT molecular complexity index is 563. The van der Waals surface area contributed by atoms with Crippen LogP contribution in [-0.2, 0) is 11.3 Å². The third-order valence-corrected chi connectivity index (χ3v) is 5.40. The van der Waals surface area contributed by atoms with E-state index in [-0.39, 0.29) is 12.5 Å². The molecule has 0 fully saturated rings. The molecule has 0 saturated carbocycles. The molecule has 5 nitrogen and oxygen atoms in total. The maximum atomic E-state index is 11.0. The van der Waals surface area contributed by atoms with E-state index in [9.17, 15) is 15.0 Å². The van der Waals surface area contributed by atoms with Gasteiger partial charge >= 0.3 is 0 Å². The summed E-state index contributed by atoms with van der Waals surface area (Å²) in [5.74, 6) is -0.247. The van der Waals surface area contributed by atoms with Crippen LogP contribution in [0.3, 0.4) is 0 Å². The average molecular weight is 420 g/mol. The topological polar surface area (TPSA) is 73.4 Å². The minimum Gasteiger partial charge on any atom is -0.394 e. The number of carbonyl (C=O) groups is 1. The van der Waals surface area contributed by atoms with Gasteiger partial charge in [0.25, 0.3) is 0 Å². The smallest absolute Gasteiger partial charge is 0.217 e. The number of aryl methyl sites for hydroxylation is 1. The highest BCUT2D eigenvalue weighted by molar-refractivity contribution is 5.73. The fourth-order valence-electron chi connectivity index (χ4n) is 3.60. The highest BCUT2D eigenvalue weighted by Gasteiger charge is 2.15. The van der Waals surface area contributed by atoms with Gasteiger partial charge in [-0.1, -0.05) is 69.6 Å². The number of rotatable bonds is 18. The number of allylic oxidation sites excluding steroid dienone is 1. The van der Waals surface area contributed by atoms with Gasteiger partial charge in [0.2, 0.25) is 5.91 Å². The third-order valence-electron chi connectivity index (χ3n) is 5.40. The molecule has 0 aromatic carbocycles. The lowest BCUT2D eigenvalue weighted by atomic mass is 10.0. The lowest BCUT2D eigenvalue weighted by molar-refractivity contribution is -0.697. The van der Waals surface area contributed by atoms with Crippen LogP contribution in [0.2, 0.25) is 0 Å². The van der Waals surface area contributed by atoms with Gasteiger partial charge in [0.05, 0.1) is 18.8 Å². The van der Waals surface area contributed by atoms with Crippen molar-refractivity contribution in [3.8, 4) is 0 Å². The third kappa shape index (κ3) is 14.3. The van der Waals surface area contributed by atoms with Crippen molar-refractivity contribution in [2.75, 3.05) is 6.61 Å². The predicted molar refractivity (Wildman–Crippen MR) is 122 cm³/mol. The number of unbranched alkanes of at least 4 members (excludes halogenated alkanes) is 11. The van der Waals surface area contributed by atoms with E-state index in [1.54, 1.807) is 6.08 Å². The van der Waals surface area contributed by atoms with Crippen LogP contribution < -0.4 is 9.88 Å². The van der Waals surface area contributed by atoms with Gasteiger partial charge in [0.1, 0.15) is 6.54 Å². The normalized spacial score (nSPS) is 13.4. The van der Waals surface area contributed by atoms with E-state index in [2.05, 4.69) is 40.5 Å². The maximum Gasteiger partial charge on any atom is 0.217 e. The number of amides is 1. The SMILES string of the molecule is CC(=O)N[C@@H](CO)[C@H](O)/C=C/CCCCCCCCCCCCC[n+]1ccccc1. The highest BCUT2D eigenvalue weighted by atomic mass is 16.3. The van der Waals surface area contributed by atoms with Crippen LogP contribution in [-0.4, -0.2) is 34.9 Å². The van der Waals surface area contributed by atoms with E-state index in [1.807, 2.05) is 6.08 Å². The molecule has 1 rings (SSSR count). The predicted octanol–water partition coefficient (Wildman–Crippen LogP) is 4.07. The van der Waals surface area contributed by atoms with E-state index >= 15 is 0 Å². The minimum atomic E-state index is -0.837. The quantitative estimate of drug-likeness (QED) is 0.191. The number of carbonyl (C=O) groups excluding carboxylic acids is 1. The Morgan fingerprint density at radius 2 is 1.43 bits per heavy atom. The molecule has 0 radical (unpaired) electrons. The van der Waals surface area contributed by atoms with Gasteiger partial charge in [-0.2, -0.15) is 0 Å². The molecular weight excluding hydrogens is 376 g/mol. The largest absolute Gasteiger partial charge is 0.394 e. The van der Waals surface area contributed by atoms with Gasteiger partial charge in [-0.25, -0.2) is 4.57 Å². The molecule has 0 aliphatic carbocycles. The molecule has 2 atom stereocenters. The molecule has 0 unspecified atom stereocenters. The first-order valence-electron chi connectivity index (χ1n) is 11.8. The number of nitrogens with zero attached hydrogens (tertiary/aromatic N) is 1. The molecule has 0 saturated heterocycles. The molecule has 170 valence electrons. The molecular formula is C25H43N2O3+. The van der Waals surface area contributed by atoms with E-state index in [0.29, 0.717) is 0 Å². The van der Waals surface area contributed by atoms with Gasteiger partial charge in [0, 0.05) is 25.5 Å². The number of hydrogen-bond donors (Lipinski definition) is 3. The lowest BCUT2D eigenvalue weighted by Gasteiger charge is -2.18. The molecule has 0 spiro atoms. The van der Waals surface area contributed by atoms with Crippen LogP contribution in [0.25, 0.3) is 0 Å². The zero-order valence-corrected chi connectivity index (χ0v) is 18.8. The molecule has 30 heavy (non-hydrogen) atoms. The zero-order chi connectivity index (χ0) is 21.9. The second-order valence-corrected chi connectivity index (χ2v) is 8.20. The molecule has 0 bridgehead atoms. The first-order valence-corrected chi connectivity index (χ1v) is 11.8. The van der Waals surface area contributed by atoms with Crippen molar-refractivity contribution >= 4 is 5.91 Å². The Morgan fingerprint density at radius 3 is 1.97 bits per heavy atom. The number of nitrogens with one attached hydrogen (secondary N) is 1. The van der Waals surface area contributed by atoms with Crippen molar-refractivity contribution in [1.29, 1.82) is 0 Å². The standard InChI is InChI=1S/C25H42N2O3/c1-23(29)26-24(22-28)25(30)18-14-11-9-7-5-3-2-4-6-8-10-12-15-19-27-20-16-13-17-21-27/h13-14,16-18,20-21,24-25,28,30H,2-12,15,19,22H2,1H3/p+1/b18-14+/t24-,25+/m0/s1. The molecule has 0 aliphatic heterocycles. The van der Waals surface area contributed by atoms with Crippen molar-refractivity contribution in [2.45, 2.75) is 103 Å². The Labute approximate surface area is 183 Å². The minimum absolute atomic E-state index is 0.247. The van der Waals surface area contributed by atoms with Crippen molar-refractivity contribution in [1.82, 2.24) is 5.32 Å². The number of aliphatic hydroxyl groups is 2. The lowest BCUT2D eigenvalue weighted by Crippen LogP contribution is -2.44. The zero-order valence-electron chi connectivity index (χ0n) is 18.8. The van der Waals surface area contributed by atoms with E-state index in [0.717, 1.165) is 19.4 Å². The first-order chi connectivity index (χ1) is 14.6. The first kappa shape index (κ1) is 26.3. The molecule has 5 heteroatoms.